The molecule has 4 rings (SSSR count). The van der Waals surface area contributed by atoms with E-state index in [2.05, 4.69) is 104 Å². The Morgan fingerprint density at radius 1 is 0.500 bits per heavy atom. The van der Waals surface area contributed by atoms with E-state index in [1.54, 1.807) is 0 Å². The van der Waals surface area contributed by atoms with E-state index in [1.807, 2.05) is 6.20 Å². The average molecular weight is 335 g/mol. The third kappa shape index (κ3) is 3.43. The van der Waals surface area contributed by atoms with Crippen LogP contribution >= 0.6 is 0 Å². The van der Waals surface area contributed by atoms with Crippen molar-refractivity contribution in [1.82, 2.24) is 4.98 Å². The van der Waals surface area contributed by atoms with Crippen LogP contribution in [0.25, 0.3) is 33.5 Å². The summed E-state index contributed by atoms with van der Waals surface area (Å²) in [5.41, 5.74) is 9.53. The lowest BCUT2D eigenvalue weighted by molar-refractivity contribution is 1.32. The molecule has 0 radical (unpaired) electrons. The van der Waals surface area contributed by atoms with Gasteiger partial charge in [-0.25, -0.2) is 0 Å². The van der Waals surface area contributed by atoms with Crippen LogP contribution in [0.15, 0.2) is 91.1 Å². The van der Waals surface area contributed by atoms with E-state index in [9.17, 15) is 0 Å². The number of pyridine rings is 1. The van der Waals surface area contributed by atoms with Crippen molar-refractivity contribution in [1.29, 1.82) is 0 Å². The topological polar surface area (TPSA) is 12.9 Å². The lowest BCUT2D eigenvalue weighted by Crippen LogP contribution is -1.87. The van der Waals surface area contributed by atoms with Crippen molar-refractivity contribution >= 4 is 0 Å². The molecule has 0 saturated heterocycles. The second-order valence-corrected chi connectivity index (χ2v) is 6.74. The summed E-state index contributed by atoms with van der Waals surface area (Å²) in [6.07, 6.45) is 1.89. The standard InChI is InChI=1S/C25H21N/c1-18-6-10-20(11-7-18)22-4-3-5-24(16-22)25-17-23(14-15-26-25)21-12-8-19(2)9-13-21/h3-17H,1-2H3. The molecule has 0 bridgehead atoms. The van der Waals surface area contributed by atoms with Crippen LogP contribution in [0.2, 0.25) is 0 Å². The van der Waals surface area contributed by atoms with Crippen molar-refractivity contribution in [3.63, 3.8) is 0 Å². The molecule has 0 spiro atoms. The van der Waals surface area contributed by atoms with E-state index in [0.29, 0.717) is 0 Å². The number of aryl methyl sites for hydroxylation is 2. The molecule has 26 heavy (non-hydrogen) atoms. The molecule has 0 aliphatic carbocycles. The predicted molar refractivity (Wildman–Crippen MR) is 110 cm³/mol. The summed E-state index contributed by atoms with van der Waals surface area (Å²) in [6.45, 7) is 4.22. The Hall–Kier alpha value is -3.19. The molecule has 0 atom stereocenters. The fourth-order valence-electron chi connectivity index (χ4n) is 3.12. The molecule has 0 aliphatic rings. The van der Waals surface area contributed by atoms with Crippen molar-refractivity contribution in [2.45, 2.75) is 13.8 Å². The van der Waals surface area contributed by atoms with Crippen LogP contribution in [0.3, 0.4) is 0 Å². The molecule has 0 unspecified atom stereocenters. The van der Waals surface area contributed by atoms with Gasteiger partial charge in [0, 0.05) is 11.8 Å². The minimum atomic E-state index is 0.997. The summed E-state index contributed by atoms with van der Waals surface area (Å²) in [5.74, 6) is 0. The van der Waals surface area contributed by atoms with Gasteiger partial charge in [-0.1, -0.05) is 77.9 Å². The molecule has 1 heteroatoms. The van der Waals surface area contributed by atoms with Crippen molar-refractivity contribution in [2.75, 3.05) is 0 Å². The lowest BCUT2D eigenvalue weighted by atomic mass is 9.99. The predicted octanol–water partition coefficient (Wildman–Crippen LogP) is 6.70. The molecule has 1 heterocycles. The number of nitrogens with zero attached hydrogens (tertiary/aromatic N) is 1. The SMILES string of the molecule is Cc1ccc(-c2cccc(-c3cc(-c4ccc(C)cc4)ccn3)c2)cc1. The normalized spacial score (nSPS) is 10.7. The van der Waals surface area contributed by atoms with Crippen molar-refractivity contribution in [3.05, 3.63) is 102 Å². The lowest BCUT2D eigenvalue weighted by Gasteiger charge is -2.08. The van der Waals surface area contributed by atoms with Crippen LogP contribution < -0.4 is 0 Å². The van der Waals surface area contributed by atoms with E-state index < -0.39 is 0 Å². The average Bonchev–Trinajstić information content (AvgIpc) is 2.69. The molecular formula is C25H21N. The Labute approximate surface area is 155 Å². The van der Waals surface area contributed by atoms with Crippen LogP contribution in [0.5, 0.6) is 0 Å². The fraction of sp³-hybridized carbons (Fsp3) is 0.0800. The Kier molecular flexibility index (Phi) is 4.37. The maximum Gasteiger partial charge on any atom is 0.0708 e. The Balaban J connectivity index is 1.72. The Morgan fingerprint density at radius 3 is 1.65 bits per heavy atom. The zero-order valence-corrected chi connectivity index (χ0v) is 15.1. The van der Waals surface area contributed by atoms with Gasteiger partial charge in [-0.3, -0.25) is 4.98 Å². The molecule has 0 saturated carbocycles. The first-order valence-electron chi connectivity index (χ1n) is 8.90. The highest BCUT2D eigenvalue weighted by atomic mass is 14.7. The Bertz CT molecular complexity index is 941. The summed E-state index contributed by atoms with van der Waals surface area (Å²) in [4.78, 5) is 4.60. The monoisotopic (exact) mass is 335 g/mol. The first-order valence-corrected chi connectivity index (χ1v) is 8.90. The van der Waals surface area contributed by atoms with Gasteiger partial charge in [0.05, 0.1) is 5.69 Å². The highest BCUT2D eigenvalue weighted by Crippen LogP contribution is 2.28. The third-order valence-corrected chi connectivity index (χ3v) is 4.69. The zero-order valence-electron chi connectivity index (χ0n) is 15.1. The van der Waals surface area contributed by atoms with Crippen LogP contribution in [-0.2, 0) is 0 Å². The van der Waals surface area contributed by atoms with Gasteiger partial charge in [-0.2, -0.15) is 0 Å². The first-order chi connectivity index (χ1) is 12.7. The Morgan fingerprint density at radius 2 is 1.04 bits per heavy atom. The summed E-state index contributed by atoms with van der Waals surface area (Å²) >= 11 is 0. The third-order valence-electron chi connectivity index (χ3n) is 4.69. The molecule has 0 N–H and O–H groups in total. The van der Waals surface area contributed by atoms with E-state index in [0.717, 1.165) is 11.3 Å². The van der Waals surface area contributed by atoms with Gasteiger partial charge < -0.3 is 0 Å². The van der Waals surface area contributed by atoms with Gasteiger partial charge in [0.1, 0.15) is 0 Å². The highest BCUT2D eigenvalue weighted by molar-refractivity contribution is 5.74. The van der Waals surface area contributed by atoms with Crippen LogP contribution in [0.1, 0.15) is 11.1 Å². The van der Waals surface area contributed by atoms with Gasteiger partial charge in [0.2, 0.25) is 0 Å². The highest BCUT2D eigenvalue weighted by Gasteiger charge is 2.05. The number of hydrogen-bond donors (Lipinski definition) is 0. The van der Waals surface area contributed by atoms with Crippen LogP contribution in [0, 0.1) is 13.8 Å². The van der Waals surface area contributed by atoms with E-state index in [-0.39, 0.29) is 0 Å². The van der Waals surface area contributed by atoms with Gasteiger partial charge in [0.15, 0.2) is 0 Å². The second kappa shape index (κ2) is 6.97. The summed E-state index contributed by atoms with van der Waals surface area (Å²) in [7, 11) is 0. The minimum Gasteiger partial charge on any atom is -0.256 e. The second-order valence-electron chi connectivity index (χ2n) is 6.74. The maximum atomic E-state index is 4.60. The number of aromatic nitrogens is 1. The van der Waals surface area contributed by atoms with Gasteiger partial charge >= 0.3 is 0 Å². The first kappa shape index (κ1) is 16.3. The number of benzene rings is 3. The van der Waals surface area contributed by atoms with Gasteiger partial charge in [-0.05, 0) is 54.3 Å². The molecular weight excluding hydrogens is 314 g/mol. The number of rotatable bonds is 3. The minimum absolute atomic E-state index is 0.997. The van der Waals surface area contributed by atoms with Crippen LogP contribution in [0.4, 0.5) is 0 Å². The maximum absolute atomic E-state index is 4.60. The summed E-state index contributed by atoms with van der Waals surface area (Å²) in [6, 6.07) is 30.1. The summed E-state index contributed by atoms with van der Waals surface area (Å²) < 4.78 is 0. The fourth-order valence-corrected chi connectivity index (χ4v) is 3.12. The van der Waals surface area contributed by atoms with Gasteiger partial charge in [-0.15, -0.1) is 0 Å². The molecule has 0 aliphatic heterocycles. The van der Waals surface area contributed by atoms with Crippen molar-refractivity contribution < 1.29 is 0 Å². The molecule has 4 aromatic rings. The summed E-state index contributed by atoms with van der Waals surface area (Å²) in [5, 5.41) is 0. The molecule has 3 aromatic carbocycles. The molecule has 1 aromatic heterocycles. The zero-order chi connectivity index (χ0) is 17.9. The van der Waals surface area contributed by atoms with E-state index in [4.69, 9.17) is 0 Å². The molecule has 0 fully saturated rings. The van der Waals surface area contributed by atoms with Crippen molar-refractivity contribution in [3.8, 4) is 33.5 Å². The molecule has 0 amide bonds. The quantitative estimate of drug-likeness (QED) is 0.406. The largest absolute Gasteiger partial charge is 0.256 e. The molecule has 126 valence electrons. The smallest absolute Gasteiger partial charge is 0.0708 e. The van der Waals surface area contributed by atoms with Crippen molar-refractivity contribution in [2.24, 2.45) is 0 Å². The number of hydrogen-bond acceptors (Lipinski definition) is 1. The van der Waals surface area contributed by atoms with Crippen LogP contribution in [-0.4, -0.2) is 4.98 Å². The molecule has 1 nitrogen and oxygen atoms in total. The van der Waals surface area contributed by atoms with E-state index >= 15 is 0 Å². The van der Waals surface area contributed by atoms with E-state index in [1.165, 1.54) is 33.4 Å². The van der Waals surface area contributed by atoms with Gasteiger partial charge in [0.25, 0.3) is 0 Å².